The Morgan fingerprint density at radius 2 is 2.00 bits per heavy atom. The molecule has 2 N–H and O–H groups in total. The van der Waals surface area contributed by atoms with Crippen LogP contribution in [0.25, 0.3) is 0 Å². The Labute approximate surface area is 150 Å². The lowest BCUT2D eigenvalue weighted by Gasteiger charge is -2.17. The molecule has 0 radical (unpaired) electrons. The van der Waals surface area contributed by atoms with Gasteiger partial charge >= 0.3 is 0 Å². The first-order valence-electron chi connectivity index (χ1n) is 8.48. The van der Waals surface area contributed by atoms with E-state index >= 15 is 0 Å². The summed E-state index contributed by atoms with van der Waals surface area (Å²) in [5, 5.41) is 9.92. The molecule has 0 atom stereocenters. The van der Waals surface area contributed by atoms with Crippen molar-refractivity contribution >= 4 is 23.2 Å². The van der Waals surface area contributed by atoms with Crippen molar-refractivity contribution in [2.75, 3.05) is 10.6 Å². The van der Waals surface area contributed by atoms with Gasteiger partial charge in [-0.1, -0.05) is 12.1 Å². The minimum Gasteiger partial charge on any atom is -0.326 e. The number of benzene rings is 2. The topological polar surface area (TPSA) is 76.0 Å². The molecule has 6 heteroatoms. The molecule has 2 amide bonds. The van der Waals surface area contributed by atoms with Crippen LogP contribution in [0.1, 0.15) is 27.9 Å². The quantitative estimate of drug-likeness (QED) is 0.762. The van der Waals surface area contributed by atoms with Crippen molar-refractivity contribution in [2.45, 2.75) is 19.4 Å². The highest BCUT2D eigenvalue weighted by Crippen LogP contribution is 2.24. The van der Waals surface area contributed by atoms with Crippen molar-refractivity contribution in [1.82, 2.24) is 9.78 Å². The number of anilines is 2. The fourth-order valence-corrected chi connectivity index (χ4v) is 3.00. The molecule has 0 saturated carbocycles. The van der Waals surface area contributed by atoms with Gasteiger partial charge in [0.25, 0.3) is 5.91 Å². The highest BCUT2D eigenvalue weighted by Gasteiger charge is 2.16. The summed E-state index contributed by atoms with van der Waals surface area (Å²) in [5.41, 5.74) is 4.22. The Kier molecular flexibility index (Phi) is 4.23. The number of carbonyl (C=O) groups is 2. The fourth-order valence-electron chi connectivity index (χ4n) is 3.00. The molecule has 2 heterocycles. The predicted molar refractivity (Wildman–Crippen MR) is 99.1 cm³/mol. The van der Waals surface area contributed by atoms with Crippen LogP contribution in [0.5, 0.6) is 0 Å². The maximum atomic E-state index is 12.5. The summed E-state index contributed by atoms with van der Waals surface area (Å²) in [6.07, 6.45) is 4.77. The van der Waals surface area contributed by atoms with E-state index in [0.717, 1.165) is 22.5 Å². The van der Waals surface area contributed by atoms with Crippen LogP contribution in [0.4, 0.5) is 11.4 Å². The number of nitrogens with zero attached hydrogens (tertiary/aromatic N) is 2. The summed E-state index contributed by atoms with van der Waals surface area (Å²) < 4.78 is 1.85. The molecule has 26 heavy (non-hydrogen) atoms. The van der Waals surface area contributed by atoms with Gasteiger partial charge in [-0.25, -0.2) is 0 Å². The minimum atomic E-state index is -0.162. The first-order chi connectivity index (χ1) is 12.7. The van der Waals surface area contributed by atoms with E-state index in [0.29, 0.717) is 24.9 Å². The second-order valence-corrected chi connectivity index (χ2v) is 6.27. The number of amides is 2. The molecule has 6 nitrogen and oxygen atoms in total. The number of hydrogen-bond donors (Lipinski definition) is 2. The van der Waals surface area contributed by atoms with Gasteiger partial charge in [-0.15, -0.1) is 0 Å². The molecule has 1 aliphatic rings. The van der Waals surface area contributed by atoms with Gasteiger partial charge in [-0.2, -0.15) is 5.10 Å². The molecule has 0 fully saturated rings. The molecule has 1 aromatic heterocycles. The van der Waals surface area contributed by atoms with Crippen molar-refractivity contribution in [3.63, 3.8) is 0 Å². The summed E-state index contributed by atoms with van der Waals surface area (Å²) >= 11 is 0. The standard InChI is InChI=1S/C20H18N4O2/c25-19-9-5-15-12-16(4-8-18(15)23-19)20(26)22-17-6-2-14(3-7-17)13-24-11-1-10-21-24/h1-4,6-8,10-12H,5,9,13H2,(H,22,26)(H,23,25). The summed E-state index contributed by atoms with van der Waals surface area (Å²) in [6.45, 7) is 0.692. The van der Waals surface area contributed by atoms with E-state index in [2.05, 4.69) is 15.7 Å². The van der Waals surface area contributed by atoms with Gasteiger partial charge in [0.05, 0.1) is 6.54 Å². The van der Waals surface area contributed by atoms with E-state index in [9.17, 15) is 9.59 Å². The molecule has 4 rings (SSSR count). The zero-order chi connectivity index (χ0) is 17.9. The molecule has 0 saturated heterocycles. The van der Waals surface area contributed by atoms with Crippen LogP contribution in [0.2, 0.25) is 0 Å². The average molecular weight is 346 g/mol. The van der Waals surface area contributed by atoms with E-state index in [-0.39, 0.29) is 11.8 Å². The van der Waals surface area contributed by atoms with Crippen LogP contribution in [0.3, 0.4) is 0 Å². The molecule has 1 aliphatic heterocycles. The van der Waals surface area contributed by atoms with Gasteiger partial charge in [-0.05, 0) is 53.9 Å². The molecule has 130 valence electrons. The number of fused-ring (bicyclic) bond motifs is 1. The number of hydrogen-bond acceptors (Lipinski definition) is 3. The second kappa shape index (κ2) is 6.84. The lowest BCUT2D eigenvalue weighted by Crippen LogP contribution is -2.20. The molecule has 2 aromatic carbocycles. The Hall–Kier alpha value is -3.41. The molecule has 0 aliphatic carbocycles. The van der Waals surface area contributed by atoms with Gasteiger partial charge in [0.2, 0.25) is 5.91 Å². The highest BCUT2D eigenvalue weighted by molar-refractivity contribution is 6.05. The van der Waals surface area contributed by atoms with E-state index in [1.54, 1.807) is 18.3 Å². The third-order valence-corrected chi connectivity index (χ3v) is 4.38. The van der Waals surface area contributed by atoms with Gasteiger partial charge in [0.1, 0.15) is 0 Å². The number of nitrogens with one attached hydrogen (secondary N) is 2. The second-order valence-electron chi connectivity index (χ2n) is 6.27. The summed E-state index contributed by atoms with van der Waals surface area (Å²) in [5.74, 6) is -0.144. The molecule has 0 unspecified atom stereocenters. The molecule has 3 aromatic rings. The molecule has 0 bridgehead atoms. The van der Waals surface area contributed by atoms with Crippen molar-refractivity contribution in [1.29, 1.82) is 0 Å². The normalized spacial score (nSPS) is 13.0. The van der Waals surface area contributed by atoms with Gasteiger partial charge in [-0.3, -0.25) is 14.3 Å². The lowest BCUT2D eigenvalue weighted by atomic mass is 10.00. The number of carbonyl (C=O) groups excluding carboxylic acids is 2. The molecular weight excluding hydrogens is 328 g/mol. The van der Waals surface area contributed by atoms with Crippen LogP contribution in [-0.4, -0.2) is 21.6 Å². The number of rotatable bonds is 4. The molecule has 0 spiro atoms. The van der Waals surface area contributed by atoms with Gasteiger partial charge in [0, 0.05) is 35.8 Å². The Morgan fingerprint density at radius 1 is 1.15 bits per heavy atom. The maximum absolute atomic E-state index is 12.5. The van der Waals surface area contributed by atoms with Crippen LogP contribution >= 0.6 is 0 Å². The zero-order valence-corrected chi connectivity index (χ0v) is 14.1. The largest absolute Gasteiger partial charge is 0.326 e. The monoisotopic (exact) mass is 346 g/mol. The number of aryl methyl sites for hydroxylation is 1. The first-order valence-corrected chi connectivity index (χ1v) is 8.48. The van der Waals surface area contributed by atoms with Crippen LogP contribution in [0, 0.1) is 0 Å². The van der Waals surface area contributed by atoms with E-state index < -0.39 is 0 Å². The van der Waals surface area contributed by atoms with Crippen molar-refractivity contribution in [2.24, 2.45) is 0 Å². The van der Waals surface area contributed by atoms with E-state index in [1.165, 1.54) is 0 Å². The van der Waals surface area contributed by atoms with Crippen molar-refractivity contribution in [3.8, 4) is 0 Å². The predicted octanol–water partition coefficient (Wildman–Crippen LogP) is 3.07. The summed E-state index contributed by atoms with van der Waals surface area (Å²) in [7, 11) is 0. The van der Waals surface area contributed by atoms with Gasteiger partial charge < -0.3 is 10.6 Å². The van der Waals surface area contributed by atoms with E-state index in [1.807, 2.05) is 47.3 Å². The first kappa shape index (κ1) is 16.1. The zero-order valence-electron chi connectivity index (χ0n) is 14.1. The van der Waals surface area contributed by atoms with Crippen LogP contribution in [-0.2, 0) is 17.8 Å². The average Bonchev–Trinajstić information content (AvgIpc) is 3.16. The van der Waals surface area contributed by atoms with Crippen molar-refractivity contribution < 1.29 is 9.59 Å². The third kappa shape index (κ3) is 3.49. The lowest BCUT2D eigenvalue weighted by molar-refractivity contribution is -0.116. The number of aromatic nitrogens is 2. The van der Waals surface area contributed by atoms with Crippen LogP contribution < -0.4 is 10.6 Å². The van der Waals surface area contributed by atoms with Gasteiger partial charge in [0.15, 0.2) is 0 Å². The van der Waals surface area contributed by atoms with E-state index in [4.69, 9.17) is 0 Å². The molecular formula is C20H18N4O2. The van der Waals surface area contributed by atoms with Crippen LogP contribution in [0.15, 0.2) is 60.9 Å². The Bertz CT molecular complexity index is 946. The highest BCUT2D eigenvalue weighted by atomic mass is 16.2. The third-order valence-electron chi connectivity index (χ3n) is 4.38. The minimum absolute atomic E-state index is 0.0184. The maximum Gasteiger partial charge on any atom is 0.255 e. The van der Waals surface area contributed by atoms with Crippen molar-refractivity contribution in [3.05, 3.63) is 77.6 Å². The Morgan fingerprint density at radius 3 is 2.77 bits per heavy atom. The smallest absolute Gasteiger partial charge is 0.255 e. The summed E-state index contributed by atoms with van der Waals surface area (Å²) in [6, 6.07) is 15.0. The summed E-state index contributed by atoms with van der Waals surface area (Å²) in [4.78, 5) is 23.9. The Balaban J connectivity index is 1.44. The SMILES string of the molecule is O=C1CCc2cc(C(=O)Nc3ccc(Cn4cccn4)cc3)ccc2N1. The fraction of sp³-hybridized carbons (Fsp3) is 0.150.